The molecule has 26 heavy (non-hydrogen) atoms. The summed E-state index contributed by atoms with van der Waals surface area (Å²) in [5, 5.41) is 2.83. The van der Waals surface area contributed by atoms with Gasteiger partial charge in [-0.1, -0.05) is 30.3 Å². The molecule has 0 saturated carbocycles. The highest BCUT2D eigenvalue weighted by Crippen LogP contribution is 2.10. The topological polar surface area (TPSA) is 75.4 Å². The number of amides is 2. The first-order valence-electron chi connectivity index (χ1n) is 8.54. The van der Waals surface area contributed by atoms with Crippen LogP contribution in [0.15, 0.2) is 54.6 Å². The van der Waals surface area contributed by atoms with E-state index < -0.39 is 0 Å². The standard InChI is InChI=1S/C20H25N3O2.ClH/c1-3-23(4-2)20(25)17-12-10-16(11-13-17)19(24)22-14-18(21)15-8-6-5-7-9-15;/h5-13,18H,3-4,14,21H2,1-2H3,(H,22,24);1H. The van der Waals surface area contributed by atoms with Crippen molar-refractivity contribution in [2.45, 2.75) is 19.9 Å². The van der Waals surface area contributed by atoms with E-state index in [4.69, 9.17) is 5.73 Å². The lowest BCUT2D eigenvalue weighted by molar-refractivity contribution is 0.0772. The molecular weight excluding hydrogens is 350 g/mol. The molecule has 0 aromatic heterocycles. The van der Waals surface area contributed by atoms with E-state index in [2.05, 4.69) is 5.32 Å². The van der Waals surface area contributed by atoms with Gasteiger partial charge in [-0.2, -0.15) is 0 Å². The molecule has 0 saturated heterocycles. The van der Waals surface area contributed by atoms with Crippen LogP contribution in [0, 0.1) is 0 Å². The minimum Gasteiger partial charge on any atom is -0.350 e. The van der Waals surface area contributed by atoms with Crippen molar-refractivity contribution < 1.29 is 9.59 Å². The van der Waals surface area contributed by atoms with E-state index >= 15 is 0 Å². The third-order valence-electron chi connectivity index (χ3n) is 4.15. The molecule has 0 fully saturated rings. The molecule has 6 heteroatoms. The highest BCUT2D eigenvalue weighted by Gasteiger charge is 2.14. The van der Waals surface area contributed by atoms with Gasteiger partial charge in [-0.05, 0) is 43.7 Å². The molecule has 140 valence electrons. The molecule has 0 radical (unpaired) electrons. The zero-order valence-corrected chi connectivity index (χ0v) is 16.0. The number of carbonyl (C=O) groups excluding carboxylic acids is 2. The number of nitrogens with zero attached hydrogens (tertiary/aromatic N) is 1. The van der Waals surface area contributed by atoms with E-state index in [1.165, 1.54) is 0 Å². The van der Waals surface area contributed by atoms with Crippen LogP contribution in [0.1, 0.15) is 46.2 Å². The first kappa shape index (κ1) is 21.7. The van der Waals surface area contributed by atoms with Gasteiger partial charge in [-0.15, -0.1) is 12.4 Å². The lowest BCUT2D eigenvalue weighted by Gasteiger charge is -2.18. The molecule has 0 bridgehead atoms. The number of halogens is 1. The van der Waals surface area contributed by atoms with Crippen molar-refractivity contribution in [3.8, 4) is 0 Å². The fraction of sp³-hybridized carbons (Fsp3) is 0.300. The summed E-state index contributed by atoms with van der Waals surface area (Å²) in [4.78, 5) is 26.3. The lowest BCUT2D eigenvalue weighted by Crippen LogP contribution is -2.32. The average molecular weight is 376 g/mol. The molecule has 0 aliphatic rings. The first-order valence-corrected chi connectivity index (χ1v) is 8.54. The predicted molar refractivity (Wildman–Crippen MR) is 107 cm³/mol. The maximum absolute atomic E-state index is 12.3. The van der Waals surface area contributed by atoms with Crippen LogP contribution >= 0.6 is 12.4 Å². The largest absolute Gasteiger partial charge is 0.350 e. The summed E-state index contributed by atoms with van der Waals surface area (Å²) in [6.07, 6.45) is 0. The smallest absolute Gasteiger partial charge is 0.253 e. The van der Waals surface area contributed by atoms with Gasteiger partial charge in [-0.3, -0.25) is 9.59 Å². The van der Waals surface area contributed by atoms with Crippen molar-refractivity contribution >= 4 is 24.2 Å². The number of nitrogens with two attached hydrogens (primary N) is 1. The molecule has 2 aromatic carbocycles. The SMILES string of the molecule is CCN(CC)C(=O)c1ccc(C(=O)NCC(N)c2ccccc2)cc1.Cl. The third-order valence-corrected chi connectivity index (χ3v) is 4.15. The summed E-state index contributed by atoms with van der Waals surface area (Å²) >= 11 is 0. The molecule has 1 atom stereocenters. The van der Waals surface area contributed by atoms with Crippen molar-refractivity contribution in [1.29, 1.82) is 0 Å². The summed E-state index contributed by atoms with van der Waals surface area (Å²) < 4.78 is 0. The summed E-state index contributed by atoms with van der Waals surface area (Å²) in [5.74, 6) is -0.226. The minimum absolute atomic E-state index is 0. The van der Waals surface area contributed by atoms with Gasteiger partial charge in [0.1, 0.15) is 0 Å². The number of hydrogen-bond acceptors (Lipinski definition) is 3. The molecule has 0 heterocycles. The first-order chi connectivity index (χ1) is 12.1. The van der Waals surface area contributed by atoms with Crippen LogP contribution in [0.3, 0.4) is 0 Å². The maximum Gasteiger partial charge on any atom is 0.253 e. The Morgan fingerprint density at radius 3 is 2.04 bits per heavy atom. The molecule has 3 N–H and O–H groups in total. The summed E-state index contributed by atoms with van der Waals surface area (Å²) in [5.41, 5.74) is 8.15. The molecule has 2 aromatic rings. The number of carbonyl (C=O) groups is 2. The Morgan fingerprint density at radius 1 is 0.962 bits per heavy atom. The molecular formula is C20H26ClN3O2. The normalized spacial score (nSPS) is 11.2. The zero-order valence-electron chi connectivity index (χ0n) is 15.1. The van der Waals surface area contributed by atoms with E-state index in [1.54, 1.807) is 29.2 Å². The highest BCUT2D eigenvalue weighted by atomic mass is 35.5. The van der Waals surface area contributed by atoms with Gasteiger partial charge in [0.25, 0.3) is 11.8 Å². The van der Waals surface area contributed by atoms with Crippen molar-refractivity contribution in [1.82, 2.24) is 10.2 Å². The Bertz CT molecular complexity index is 701. The fourth-order valence-electron chi connectivity index (χ4n) is 2.58. The molecule has 0 aliphatic carbocycles. The van der Waals surface area contributed by atoms with Crippen LogP contribution in [0.5, 0.6) is 0 Å². The maximum atomic E-state index is 12.3. The second-order valence-corrected chi connectivity index (χ2v) is 5.78. The average Bonchev–Trinajstić information content (AvgIpc) is 2.67. The van der Waals surface area contributed by atoms with Crippen molar-refractivity contribution in [3.05, 3.63) is 71.3 Å². The number of benzene rings is 2. The fourth-order valence-corrected chi connectivity index (χ4v) is 2.58. The number of rotatable bonds is 7. The zero-order chi connectivity index (χ0) is 18.2. The monoisotopic (exact) mass is 375 g/mol. The Kier molecular flexibility index (Phi) is 8.82. The Balaban J connectivity index is 0.00000338. The Hall–Kier alpha value is -2.37. The van der Waals surface area contributed by atoms with Crippen LogP contribution in [0.4, 0.5) is 0 Å². The van der Waals surface area contributed by atoms with Crippen molar-refractivity contribution in [2.24, 2.45) is 5.73 Å². The van der Waals surface area contributed by atoms with E-state index in [0.29, 0.717) is 30.8 Å². The van der Waals surface area contributed by atoms with E-state index in [-0.39, 0.29) is 30.3 Å². The number of hydrogen-bond donors (Lipinski definition) is 2. The van der Waals surface area contributed by atoms with Crippen LogP contribution in [-0.2, 0) is 0 Å². The van der Waals surface area contributed by atoms with Crippen LogP contribution < -0.4 is 11.1 Å². The molecule has 1 unspecified atom stereocenters. The highest BCUT2D eigenvalue weighted by molar-refractivity contribution is 5.97. The van der Waals surface area contributed by atoms with Crippen LogP contribution in [0.25, 0.3) is 0 Å². The predicted octanol–water partition coefficient (Wildman–Crippen LogP) is 3.02. The van der Waals surface area contributed by atoms with E-state index in [9.17, 15) is 9.59 Å². The molecule has 2 amide bonds. The molecule has 2 rings (SSSR count). The number of nitrogens with one attached hydrogen (secondary N) is 1. The van der Waals surface area contributed by atoms with Gasteiger partial charge >= 0.3 is 0 Å². The van der Waals surface area contributed by atoms with E-state index in [1.807, 2.05) is 44.2 Å². The Morgan fingerprint density at radius 2 is 1.50 bits per heavy atom. The lowest BCUT2D eigenvalue weighted by atomic mass is 10.1. The molecule has 0 spiro atoms. The van der Waals surface area contributed by atoms with E-state index in [0.717, 1.165) is 5.56 Å². The van der Waals surface area contributed by atoms with Crippen molar-refractivity contribution in [3.63, 3.8) is 0 Å². The van der Waals surface area contributed by atoms with Gasteiger partial charge in [0, 0.05) is 36.8 Å². The van der Waals surface area contributed by atoms with Gasteiger partial charge in [0.2, 0.25) is 0 Å². The molecule has 0 aliphatic heterocycles. The van der Waals surface area contributed by atoms with Gasteiger partial charge < -0.3 is 16.0 Å². The van der Waals surface area contributed by atoms with Crippen molar-refractivity contribution in [2.75, 3.05) is 19.6 Å². The quantitative estimate of drug-likeness (QED) is 0.781. The van der Waals surface area contributed by atoms with Gasteiger partial charge in [0.15, 0.2) is 0 Å². The second kappa shape index (κ2) is 10.6. The Labute approximate surface area is 161 Å². The van der Waals surface area contributed by atoms with Gasteiger partial charge in [-0.25, -0.2) is 0 Å². The molecule has 5 nitrogen and oxygen atoms in total. The van der Waals surface area contributed by atoms with Crippen LogP contribution in [0.2, 0.25) is 0 Å². The summed E-state index contributed by atoms with van der Waals surface area (Å²) in [6, 6.07) is 16.1. The van der Waals surface area contributed by atoms with Gasteiger partial charge in [0.05, 0.1) is 0 Å². The summed E-state index contributed by atoms with van der Waals surface area (Å²) in [7, 11) is 0. The summed E-state index contributed by atoms with van der Waals surface area (Å²) in [6.45, 7) is 5.56. The second-order valence-electron chi connectivity index (χ2n) is 5.78. The third kappa shape index (κ3) is 5.58. The van der Waals surface area contributed by atoms with Crippen LogP contribution in [-0.4, -0.2) is 36.3 Å². The minimum atomic E-state index is -0.256.